The monoisotopic (exact) mass is 359 g/mol. The second-order valence-electron chi connectivity index (χ2n) is 6.07. The van der Waals surface area contributed by atoms with E-state index in [0.29, 0.717) is 18.5 Å². The van der Waals surface area contributed by atoms with E-state index in [1.807, 2.05) is 19.9 Å². The lowest BCUT2D eigenvalue weighted by Crippen LogP contribution is -2.33. The number of aromatic amines is 1. The molecular formula is C17H18ClN5O2. The molecule has 0 unspecified atom stereocenters. The molecule has 2 atom stereocenters. The fourth-order valence-electron chi connectivity index (χ4n) is 2.98. The highest BCUT2D eigenvalue weighted by Gasteiger charge is 2.39. The second-order valence-corrected chi connectivity index (χ2v) is 6.47. The van der Waals surface area contributed by atoms with Crippen LogP contribution >= 0.6 is 11.6 Å². The number of imidazole rings is 1. The van der Waals surface area contributed by atoms with E-state index in [-0.39, 0.29) is 28.8 Å². The number of hydrogen-bond acceptors (Lipinski definition) is 5. The molecule has 0 aromatic carbocycles. The molecule has 7 nitrogen and oxygen atoms in total. The maximum Gasteiger partial charge on any atom is 0.274 e. The highest BCUT2D eigenvalue weighted by atomic mass is 35.5. The van der Waals surface area contributed by atoms with Gasteiger partial charge in [-0.1, -0.05) is 11.6 Å². The molecule has 2 aromatic heterocycles. The quantitative estimate of drug-likeness (QED) is 0.908. The SMILES string of the molecule is CO[C@@H]1C[C@@H](c2nc(C)c(C)[nH]2)N(C(=O)c2ncc(C#N)cc2Cl)C1. The number of halogens is 1. The number of rotatable bonds is 3. The summed E-state index contributed by atoms with van der Waals surface area (Å²) < 4.78 is 5.45. The van der Waals surface area contributed by atoms with Crippen LogP contribution in [0.1, 0.15) is 45.7 Å². The molecule has 1 aliphatic heterocycles. The smallest absolute Gasteiger partial charge is 0.274 e. The molecule has 130 valence electrons. The maximum absolute atomic E-state index is 13.0. The van der Waals surface area contributed by atoms with E-state index in [2.05, 4.69) is 15.0 Å². The summed E-state index contributed by atoms with van der Waals surface area (Å²) in [5, 5.41) is 9.08. The van der Waals surface area contributed by atoms with Gasteiger partial charge in [-0.25, -0.2) is 9.97 Å². The van der Waals surface area contributed by atoms with Crippen LogP contribution in [0.25, 0.3) is 0 Å². The topological polar surface area (TPSA) is 94.9 Å². The normalized spacial score (nSPS) is 19.9. The Bertz CT molecular complexity index is 838. The van der Waals surface area contributed by atoms with Crippen LogP contribution in [0.2, 0.25) is 5.02 Å². The van der Waals surface area contributed by atoms with Crippen LogP contribution in [0.3, 0.4) is 0 Å². The van der Waals surface area contributed by atoms with E-state index in [1.165, 1.54) is 12.3 Å². The predicted octanol–water partition coefficient (Wildman–Crippen LogP) is 2.55. The minimum Gasteiger partial charge on any atom is -0.380 e. The summed E-state index contributed by atoms with van der Waals surface area (Å²) in [6.45, 7) is 4.29. The number of hydrogen-bond donors (Lipinski definition) is 1. The minimum atomic E-state index is -0.300. The van der Waals surface area contributed by atoms with Gasteiger partial charge in [0.05, 0.1) is 28.4 Å². The zero-order chi connectivity index (χ0) is 18.1. The Morgan fingerprint density at radius 3 is 2.84 bits per heavy atom. The van der Waals surface area contributed by atoms with Crippen molar-refractivity contribution in [1.29, 1.82) is 5.26 Å². The van der Waals surface area contributed by atoms with Gasteiger partial charge in [-0.2, -0.15) is 5.26 Å². The highest BCUT2D eigenvalue weighted by Crippen LogP contribution is 2.34. The van der Waals surface area contributed by atoms with Gasteiger partial charge in [0.1, 0.15) is 17.6 Å². The molecule has 3 heterocycles. The first-order valence-corrected chi connectivity index (χ1v) is 8.25. The molecule has 1 fully saturated rings. The van der Waals surface area contributed by atoms with E-state index >= 15 is 0 Å². The standard InChI is InChI=1S/C17H18ClN5O2/c1-9-10(2)22-16(21-9)14-5-12(25-3)8-23(14)17(24)15-13(18)4-11(6-19)7-20-15/h4,7,12,14H,5,8H2,1-3H3,(H,21,22)/t12-,14+/m1/s1. The van der Waals surface area contributed by atoms with Gasteiger partial charge in [-0.15, -0.1) is 0 Å². The number of nitrogens with one attached hydrogen (secondary N) is 1. The zero-order valence-electron chi connectivity index (χ0n) is 14.2. The van der Waals surface area contributed by atoms with Crippen molar-refractivity contribution in [3.05, 3.63) is 45.8 Å². The van der Waals surface area contributed by atoms with E-state index < -0.39 is 0 Å². The van der Waals surface area contributed by atoms with Crippen LogP contribution in [-0.2, 0) is 4.74 Å². The number of ether oxygens (including phenoxy) is 1. The van der Waals surface area contributed by atoms with E-state index in [4.69, 9.17) is 21.6 Å². The number of aromatic nitrogens is 3. The Hall–Kier alpha value is -2.43. The maximum atomic E-state index is 13.0. The molecule has 2 aromatic rings. The highest BCUT2D eigenvalue weighted by molar-refractivity contribution is 6.33. The Kier molecular flexibility index (Phi) is 4.75. The molecule has 0 radical (unpaired) electrons. The predicted molar refractivity (Wildman–Crippen MR) is 91.2 cm³/mol. The molecule has 8 heteroatoms. The van der Waals surface area contributed by atoms with E-state index in [9.17, 15) is 4.79 Å². The van der Waals surface area contributed by atoms with Crippen molar-refractivity contribution in [3.8, 4) is 6.07 Å². The molecule has 1 N–H and O–H groups in total. The molecule has 1 saturated heterocycles. The third kappa shape index (κ3) is 3.23. The lowest BCUT2D eigenvalue weighted by molar-refractivity contribution is 0.0679. The lowest BCUT2D eigenvalue weighted by Gasteiger charge is -2.23. The average Bonchev–Trinajstić information content (AvgIpc) is 3.17. The van der Waals surface area contributed by atoms with Crippen LogP contribution in [-0.4, -0.2) is 45.5 Å². The molecule has 0 saturated carbocycles. The molecule has 3 rings (SSSR count). The van der Waals surface area contributed by atoms with Crippen molar-refractivity contribution in [2.45, 2.75) is 32.4 Å². The summed E-state index contributed by atoms with van der Waals surface area (Å²) in [4.78, 5) is 26.5. The van der Waals surface area contributed by atoms with Crippen LogP contribution in [0, 0.1) is 25.2 Å². The van der Waals surface area contributed by atoms with Crippen molar-refractivity contribution in [2.75, 3.05) is 13.7 Å². The molecule has 25 heavy (non-hydrogen) atoms. The number of H-pyrrole nitrogens is 1. The van der Waals surface area contributed by atoms with E-state index in [0.717, 1.165) is 17.2 Å². The first kappa shape index (κ1) is 17.4. The van der Waals surface area contributed by atoms with Gasteiger partial charge >= 0.3 is 0 Å². The van der Waals surface area contributed by atoms with Gasteiger partial charge in [0.15, 0.2) is 0 Å². The van der Waals surface area contributed by atoms with Crippen molar-refractivity contribution in [2.24, 2.45) is 0 Å². The third-order valence-corrected chi connectivity index (χ3v) is 4.78. The number of amides is 1. The fraction of sp³-hybridized carbons (Fsp3) is 0.412. The third-order valence-electron chi connectivity index (χ3n) is 4.49. The molecule has 1 aliphatic rings. The summed E-state index contributed by atoms with van der Waals surface area (Å²) >= 11 is 6.16. The van der Waals surface area contributed by atoms with Crippen LogP contribution < -0.4 is 0 Å². The Morgan fingerprint density at radius 2 is 2.28 bits per heavy atom. The summed E-state index contributed by atoms with van der Waals surface area (Å²) in [6, 6.07) is 3.17. The van der Waals surface area contributed by atoms with Gasteiger partial charge < -0.3 is 14.6 Å². The van der Waals surface area contributed by atoms with Crippen molar-refractivity contribution >= 4 is 17.5 Å². The van der Waals surface area contributed by atoms with Gasteiger partial charge in [-0.05, 0) is 19.9 Å². The number of aryl methyl sites for hydroxylation is 2. The molecular weight excluding hydrogens is 342 g/mol. The lowest BCUT2D eigenvalue weighted by atomic mass is 10.2. The fourth-order valence-corrected chi connectivity index (χ4v) is 3.22. The van der Waals surface area contributed by atoms with Gasteiger partial charge in [0.2, 0.25) is 0 Å². The second kappa shape index (κ2) is 6.82. The Labute approximate surface area is 150 Å². The molecule has 1 amide bonds. The molecule has 0 bridgehead atoms. The Balaban J connectivity index is 1.95. The number of likely N-dealkylation sites (tertiary alicyclic amines) is 1. The van der Waals surface area contributed by atoms with Crippen LogP contribution in [0.4, 0.5) is 0 Å². The van der Waals surface area contributed by atoms with Gasteiger partial charge in [-0.3, -0.25) is 4.79 Å². The summed E-state index contributed by atoms with van der Waals surface area (Å²) in [5.74, 6) is 0.429. The summed E-state index contributed by atoms with van der Waals surface area (Å²) in [5.41, 5.74) is 2.31. The number of methoxy groups -OCH3 is 1. The van der Waals surface area contributed by atoms with Gasteiger partial charge in [0, 0.05) is 32.0 Å². The minimum absolute atomic E-state index is 0.0863. The van der Waals surface area contributed by atoms with Crippen LogP contribution in [0.15, 0.2) is 12.3 Å². The zero-order valence-corrected chi connectivity index (χ0v) is 15.0. The first-order valence-electron chi connectivity index (χ1n) is 7.87. The van der Waals surface area contributed by atoms with Gasteiger partial charge in [0.25, 0.3) is 5.91 Å². The summed E-state index contributed by atoms with van der Waals surface area (Å²) in [6.07, 6.45) is 1.90. The van der Waals surface area contributed by atoms with Crippen molar-refractivity contribution in [1.82, 2.24) is 19.9 Å². The number of pyridine rings is 1. The Morgan fingerprint density at radius 1 is 1.52 bits per heavy atom. The van der Waals surface area contributed by atoms with Crippen molar-refractivity contribution in [3.63, 3.8) is 0 Å². The number of nitriles is 1. The molecule has 0 spiro atoms. The average molecular weight is 360 g/mol. The largest absolute Gasteiger partial charge is 0.380 e. The number of nitrogens with zero attached hydrogens (tertiary/aromatic N) is 4. The number of carbonyl (C=O) groups is 1. The summed E-state index contributed by atoms with van der Waals surface area (Å²) in [7, 11) is 1.63. The van der Waals surface area contributed by atoms with E-state index in [1.54, 1.807) is 12.0 Å². The van der Waals surface area contributed by atoms with Crippen molar-refractivity contribution < 1.29 is 9.53 Å². The first-order chi connectivity index (χ1) is 11.9. The number of carbonyl (C=O) groups excluding carboxylic acids is 1. The molecule has 0 aliphatic carbocycles. The van der Waals surface area contributed by atoms with Crippen LogP contribution in [0.5, 0.6) is 0 Å².